The van der Waals surface area contributed by atoms with Crippen molar-refractivity contribution in [2.75, 3.05) is 13.1 Å². The fraction of sp³-hybridized carbons (Fsp3) is 0.600. The van der Waals surface area contributed by atoms with Gasteiger partial charge in [-0.3, -0.25) is 0 Å². The quantitative estimate of drug-likeness (QED) is 0.742. The molecular formula is C15H21BrClNO2S. The summed E-state index contributed by atoms with van der Waals surface area (Å²) in [6.07, 6.45) is 4.06. The molecule has 0 N–H and O–H groups in total. The van der Waals surface area contributed by atoms with Gasteiger partial charge in [0.15, 0.2) is 0 Å². The number of sulfonamides is 1. The van der Waals surface area contributed by atoms with Crippen LogP contribution in [0.3, 0.4) is 0 Å². The predicted octanol–water partition coefficient (Wildman–Crippen LogP) is 4.69. The van der Waals surface area contributed by atoms with Crippen molar-refractivity contribution in [2.24, 2.45) is 5.41 Å². The monoisotopic (exact) mass is 393 g/mol. The van der Waals surface area contributed by atoms with Crippen molar-refractivity contribution < 1.29 is 8.42 Å². The van der Waals surface area contributed by atoms with Crippen molar-refractivity contribution >= 4 is 37.6 Å². The van der Waals surface area contributed by atoms with E-state index in [1.165, 1.54) is 0 Å². The van der Waals surface area contributed by atoms with Gasteiger partial charge in [-0.05, 0) is 36.5 Å². The van der Waals surface area contributed by atoms with Crippen LogP contribution in [0, 0.1) is 5.41 Å². The standard InChI is InChI=1S/C15H21BrClNO2S/c1-3-15(4-2)7-9-18(10-8-15)21(19,20)14-6-5-12(16)11-13(14)17/h5-6,11H,3-4,7-10H2,1-2H3. The van der Waals surface area contributed by atoms with Gasteiger partial charge in [0.2, 0.25) is 10.0 Å². The minimum atomic E-state index is -3.50. The lowest BCUT2D eigenvalue weighted by Gasteiger charge is -2.40. The van der Waals surface area contributed by atoms with E-state index in [1.807, 2.05) is 0 Å². The van der Waals surface area contributed by atoms with E-state index in [4.69, 9.17) is 11.6 Å². The zero-order valence-corrected chi connectivity index (χ0v) is 15.6. The van der Waals surface area contributed by atoms with E-state index in [1.54, 1.807) is 22.5 Å². The van der Waals surface area contributed by atoms with Crippen LogP contribution in [0.1, 0.15) is 39.5 Å². The van der Waals surface area contributed by atoms with Gasteiger partial charge in [-0.25, -0.2) is 8.42 Å². The van der Waals surface area contributed by atoms with Crippen LogP contribution in [0.4, 0.5) is 0 Å². The number of rotatable bonds is 4. The lowest BCUT2D eigenvalue weighted by Crippen LogP contribution is -2.42. The topological polar surface area (TPSA) is 37.4 Å². The Kier molecular flexibility index (Phi) is 5.40. The Morgan fingerprint density at radius 2 is 1.81 bits per heavy atom. The van der Waals surface area contributed by atoms with Crippen LogP contribution >= 0.6 is 27.5 Å². The smallest absolute Gasteiger partial charge is 0.207 e. The number of halogens is 2. The van der Waals surface area contributed by atoms with Crippen molar-refractivity contribution in [3.8, 4) is 0 Å². The molecule has 0 bridgehead atoms. The Morgan fingerprint density at radius 3 is 2.29 bits per heavy atom. The van der Waals surface area contributed by atoms with Crippen molar-refractivity contribution in [1.82, 2.24) is 4.31 Å². The summed E-state index contributed by atoms with van der Waals surface area (Å²) in [6, 6.07) is 4.91. The summed E-state index contributed by atoms with van der Waals surface area (Å²) in [7, 11) is -3.50. The molecule has 0 atom stereocenters. The molecule has 1 aliphatic heterocycles. The molecule has 0 saturated carbocycles. The summed E-state index contributed by atoms with van der Waals surface area (Å²) in [5.41, 5.74) is 0.301. The van der Waals surface area contributed by atoms with Gasteiger partial charge in [0.05, 0.1) is 5.02 Å². The Bertz CT molecular complexity index is 604. The number of nitrogens with zero attached hydrogens (tertiary/aromatic N) is 1. The highest BCUT2D eigenvalue weighted by atomic mass is 79.9. The molecule has 1 aliphatic rings. The molecule has 1 saturated heterocycles. The average Bonchev–Trinajstić information content (AvgIpc) is 2.47. The van der Waals surface area contributed by atoms with Crippen LogP contribution in [0.2, 0.25) is 5.02 Å². The first kappa shape index (κ1) is 17.3. The van der Waals surface area contributed by atoms with Gasteiger partial charge in [-0.15, -0.1) is 0 Å². The molecule has 0 aromatic heterocycles. The van der Waals surface area contributed by atoms with E-state index < -0.39 is 10.0 Å². The van der Waals surface area contributed by atoms with E-state index in [2.05, 4.69) is 29.8 Å². The van der Waals surface area contributed by atoms with Crippen molar-refractivity contribution in [3.05, 3.63) is 27.7 Å². The number of hydrogen-bond acceptors (Lipinski definition) is 2. The van der Waals surface area contributed by atoms with Crippen LogP contribution in [0.15, 0.2) is 27.6 Å². The van der Waals surface area contributed by atoms with Crippen LogP contribution < -0.4 is 0 Å². The number of piperidine rings is 1. The molecule has 6 heteroatoms. The summed E-state index contributed by atoms with van der Waals surface area (Å²) >= 11 is 9.41. The third kappa shape index (κ3) is 3.46. The highest BCUT2D eigenvalue weighted by Crippen LogP contribution is 2.40. The first-order valence-corrected chi connectivity index (χ1v) is 9.91. The molecule has 1 aromatic rings. The zero-order chi connectivity index (χ0) is 15.7. The maximum atomic E-state index is 12.7. The normalized spacial score (nSPS) is 19.6. The minimum absolute atomic E-state index is 0.202. The lowest BCUT2D eigenvalue weighted by molar-refractivity contribution is 0.141. The van der Waals surface area contributed by atoms with Crippen LogP contribution in [0.5, 0.6) is 0 Å². The van der Waals surface area contributed by atoms with Gasteiger partial charge >= 0.3 is 0 Å². The van der Waals surface area contributed by atoms with Gasteiger partial charge in [0.1, 0.15) is 4.90 Å². The van der Waals surface area contributed by atoms with E-state index in [0.29, 0.717) is 18.5 Å². The van der Waals surface area contributed by atoms with Crippen molar-refractivity contribution in [1.29, 1.82) is 0 Å². The Labute approximate surface area is 140 Å². The number of benzene rings is 1. The van der Waals surface area contributed by atoms with Crippen LogP contribution in [0.25, 0.3) is 0 Å². The molecule has 1 aromatic carbocycles. The predicted molar refractivity (Wildman–Crippen MR) is 90.2 cm³/mol. The van der Waals surface area contributed by atoms with Crippen molar-refractivity contribution in [2.45, 2.75) is 44.4 Å². The van der Waals surface area contributed by atoms with E-state index in [0.717, 1.165) is 30.2 Å². The summed E-state index contributed by atoms with van der Waals surface area (Å²) in [4.78, 5) is 0.202. The fourth-order valence-electron chi connectivity index (χ4n) is 2.98. The summed E-state index contributed by atoms with van der Waals surface area (Å²) in [5.74, 6) is 0. The van der Waals surface area contributed by atoms with Gasteiger partial charge in [-0.1, -0.05) is 54.2 Å². The lowest BCUT2D eigenvalue weighted by atomic mass is 9.75. The molecule has 3 nitrogen and oxygen atoms in total. The van der Waals surface area contributed by atoms with Gasteiger partial charge in [-0.2, -0.15) is 4.31 Å². The second-order valence-corrected chi connectivity index (χ2v) is 8.92. The Balaban J connectivity index is 2.22. The molecule has 0 unspecified atom stereocenters. The summed E-state index contributed by atoms with van der Waals surface area (Å²) in [6.45, 7) is 5.55. The van der Waals surface area contributed by atoms with E-state index in [-0.39, 0.29) is 9.92 Å². The van der Waals surface area contributed by atoms with Gasteiger partial charge in [0, 0.05) is 17.6 Å². The van der Waals surface area contributed by atoms with Crippen LogP contribution in [-0.4, -0.2) is 25.8 Å². The van der Waals surface area contributed by atoms with E-state index in [9.17, 15) is 8.42 Å². The number of hydrogen-bond donors (Lipinski definition) is 0. The van der Waals surface area contributed by atoms with Gasteiger partial charge < -0.3 is 0 Å². The third-order valence-corrected chi connectivity index (χ3v) is 7.67. The largest absolute Gasteiger partial charge is 0.244 e. The molecular weight excluding hydrogens is 374 g/mol. The highest BCUT2D eigenvalue weighted by Gasteiger charge is 2.36. The second kappa shape index (κ2) is 6.57. The van der Waals surface area contributed by atoms with Gasteiger partial charge in [0.25, 0.3) is 0 Å². The average molecular weight is 395 g/mol. The molecule has 0 aliphatic carbocycles. The first-order valence-electron chi connectivity index (χ1n) is 7.30. The molecule has 0 spiro atoms. The molecule has 21 heavy (non-hydrogen) atoms. The fourth-order valence-corrected chi connectivity index (χ4v) is 5.43. The maximum Gasteiger partial charge on any atom is 0.244 e. The Hall–Kier alpha value is -0.100. The molecule has 1 fully saturated rings. The molecule has 1 heterocycles. The minimum Gasteiger partial charge on any atom is -0.207 e. The molecule has 118 valence electrons. The van der Waals surface area contributed by atoms with E-state index >= 15 is 0 Å². The highest BCUT2D eigenvalue weighted by molar-refractivity contribution is 9.10. The Morgan fingerprint density at radius 1 is 1.24 bits per heavy atom. The summed E-state index contributed by atoms with van der Waals surface area (Å²) in [5, 5.41) is 0.271. The molecule has 2 rings (SSSR count). The SMILES string of the molecule is CCC1(CC)CCN(S(=O)(=O)c2ccc(Br)cc2Cl)CC1. The summed E-state index contributed by atoms with van der Waals surface area (Å²) < 4.78 is 27.8. The molecule has 0 radical (unpaired) electrons. The van der Waals surface area contributed by atoms with Crippen LogP contribution in [-0.2, 0) is 10.0 Å². The zero-order valence-electron chi connectivity index (χ0n) is 12.4. The molecule has 0 amide bonds. The third-order valence-electron chi connectivity index (χ3n) is 4.79. The first-order chi connectivity index (χ1) is 9.84. The second-order valence-electron chi connectivity index (χ2n) is 5.69. The van der Waals surface area contributed by atoms with Crippen molar-refractivity contribution in [3.63, 3.8) is 0 Å². The maximum absolute atomic E-state index is 12.7.